The summed E-state index contributed by atoms with van der Waals surface area (Å²) >= 11 is 5.93. The number of aromatic nitrogens is 3. The molecule has 0 aliphatic carbocycles. The Hall–Kier alpha value is -4.03. The maximum Gasteiger partial charge on any atom is 0.257 e. The van der Waals surface area contributed by atoms with Gasteiger partial charge in [0.15, 0.2) is 5.78 Å². The first-order valence-corrected chi connectivity index (χ1v) is 10.7. The van der Waals surface area contributed by atoms with E-state index in [9.17, 15) is 9.59 Å². The van der Waals surface area contributed by atoms with E-state index >= 15 is 0 Å². The Morgan fingerprint density at radius 1 is 1.03 bits per heavy atom. The highest BCUT2D eigenvalue weighted by atomic mass is 35.5. The predicted molar refractivity (Wildman–Crippen MR) is 129 cm³/mol. The highest BCUT2D eigenvalue weighted by Gasteiger charge is 2.27. The second-order valence-electron chi connectivity index (χ2n) is 7.87. The number of hydrogen-bond acceptors (Lipinski definition) is 4. The molecule has 0 saturated carbocycles. The average molecular weight is 455 g/mol. The molecule has 0 fully saturated rings. The molecule has 1 aromatic carbocycles. The van der Waals surface area contributed by atoms with Crippen LogP contribution in [0.25, 0.3) is 22.8 Å². The molecule has 4 aromatic rings. The van der Waals surface area contributed by atoms with Crippen LogP contribution < -0.4 is 5.32 Å². The molecule has 33 heavy (non-hydrogen) atoms. The molecule has 1 N–H and O–H groups in total. The number of carbonyl (C=O) groups excluding carboxylic acids is 2. The highest BCUT2D eigenvalue weighted by molar-refractivity contribution is 6.34. The summed E-state index contributed by atoms with van der Waals surface area (Å²) in [5, 5.41) is 3.42. The molecule has 0 saturated heterocycles. The molecule has 0 bridgehead atoms. The van der Waals surface area contributed by atoms with Gasteiger partial charge >= 0.3 is 0 Å². The van der Waals surface area contributed by atoms with Crippen LogP contribution in [0.5, 0.6) is 0 Å². The molecule has 3 aromatic heterocycles. The maximum absolute atomic E-state index is 12.9. The fourth-order valence-electron chi connectivity index (χ4n) is 3.94. The summed E-state index contributed by atoms with van der Waals surface area (Å²) in [5.41, 5.74) is 5.77. The minimum absolute atomic E-state index is 0.111. The molecule has 1 amide bonds. The third-order valence-electron chi connectivity index (χ3n) is 5.68. The molecule has 1 aliphatic rings. The largest absolute Gasteiger partial charge is 0.350 e. The molecular weight excluding hydrogens is 436 g/mol. The minimum atomic E-state index is -0.226. The number of carbonyl (C=O) groups is 2. The van der Waals surface area contributed by atoms with Gasteiger partial charge in [0, 0.05) is 64.3 Å². The number of hydrogen-bond donors (Lipinski definition) is 1. The van der Waals surface area contributed by atoms with E-state index < -0.39 is 0 Å². The quantitative estimate of drug-likeness (QED) is 0.341. The lowest BCUT2D eigenvalue weighted by molar-refractivity contribution is -0.110. The number of pyridine rings is 2. The summed E-state index contributed by atoms with van der Waals surface area (Å²) in [6.45, 7) is 1.91. The summed E-state index contributed by atoms with van der Waals surface area (Å²) in [5.74, 6) is 0.198. The Bertz CT molecular complexity index is 1440. The zero-order chi connectivity index (χ0) is 23.1. The van der Waals surface area contributed by atoms with Gasteiger partial charge in [0.25, 0.3) is 5.91 Å². The van der Waals surface area contributed by atoms with E-state index in [0.717, 1.165) is 28.1 Å². The third-order valence-corrected chi connectivity index (χ3v) is 5.93. The number of ketones is 1. The van der Waals surface area contributed by atoms with Crippen molar-refractivity contribution in [1.82, 2.24) is 14.5 Å². The lowest BCUT2D eigenvalue weighted by Gasteiger charge is -2.08. The van der Waals surface area contributed by atoms with Gasteiger partial charge in [0.2, 0.25) is 0 Å². The Morgan fingerprint density at radius 3 is 2.48 bits per heavy atom. The SMILES string of the molecule is Cc1nc2c(cc1-c1ccncc1)C(=Cc1cc(C(=O)c3ccc(Cl)cc3)cn1C)C(=O)N2. The first-order valence-electron chi connectivity index (χ1n) is 10.3. The van der Waals surface area contributed by atoms with Gasteiger partial charge in [-0.1, -0.05) is 11.6 Å². The molecular formula is C26H19ClN4O2. The van der Waals surface area contributed by atoms with Crippen molar-refractivity contribution in [2.75, 3.05) is 5.32 Å². The molecule has 7 heteroatoms. The lowest BCUT2D eigenvalue weighted by atomic mass is 10.00. The van der Waals surface area contributed by atoms with E-state index in [1.54, 1.807) is 55.0 Å². The van der Waals surface area contributed by atoms with E-state index in [1.807, 2.05) is 36.7 Å². The standard InChI is InChI=1S/C26H19ClN4O2/c1-15-21(16-7-9-28-10-8-16)13-22-23(26(33)30-25(22)29-15)12-20-11-18(14-31(20)2)24(32)17-3-5-19(27)6-4-17/h3-14H,1-2H3,(H,29,30,33). The number of nitrogens with zero attached hydrogens (tertiary/aromatic N) is 3. The van der Waals surface area contributed by atoms with E-state index in [-0.39, 0.29) is 11.7 Å². The number of amides is 1. The van der Waals surface area contributed by atoms with Gasteiger partial charge in [-0.3, -0.25) is 14.6 Å². The average Bonchev–Trinajstić information content (AvgIpc) is 3.33. The number of anilines is 1. The van der Waals surface area contributed by atoms with Crippen molar-refractivity contribution in [2.45, 2.75) is 6.92 Å². The molecule has 1 aliphatic heterocycles. The number of fused-ring (bicyclic) bond motifs is 1. The molecule has 0 atom stereocenters. The summed E-state index contributed by atoms with van der Waals surface area (Å²) in [6.07, 6.45) is 7.00. The van der Waals surface area contributed by atoms with E-state index in [0.29, 0.717) is 27.5 Å². The van der Waals surface area contributed by atoms with Crippen molar-refractivity contribution in [3.8, 4) is 11.1 Å². The van der Waals surface area contributed by atoms with Crippen molar-refractivity contribution < 1.29 is 9.59 Å². The van der Waals surface area contributed by atoms with E-state index in [4.69, 9.17) is 11.6 Å². The van der Waals surface area contributed by atoms with Crippen LogP contribution >= 0.6 is 11.6 Å². The summed E-state index contributed by atoms with van der Waals surface area (Å²) < 4.78 is 1.83. The Kier molecular flexibility index (Phi) is 5.15. The van der Waals surface area contributed by atoms with Crippen molar-refractivity contribution in [2.24, 2.45) is 7.05 Å². The van der Waals surface area contributed by atoms with Crippen LogP contribution in [0.15, 0.2) is 67.1 Å². The van der Waals surface area contributed by atoms with Crippen LogP contribution in [0.1, 0.15) is 32.9 Å². The number of benzene rings is 1. The molecule has 4 heterocycles. The number of nitrogens with one attached hydrogen (secondary N) is 1. The van der Waals surface area contributed by atoms with Gasteiger partial charge in [-0.25, -0.2) is 4.98 Å². The normalized spacial score (nSPS) is 13.8. The van der Waals surface area contributed by atoms with Crippen molar-refractivity contribution in [3.63, 3.8) is 0 Å². The van der Waals surface area contributed by atoms with Crippen molar-refractivity contribution in [1.29, 1.82) is 0 Å². The van der Waals surface area contributed by atoms with Gasteiger partial charge in [-0.2, -0.15) is 0 Å². The van der Waals surface area contributed by atoms with Crippen LogP contribution in [0, 0.1) is 6.92 Å². The fraction of sp³-hybridized carbons (Fsp3) is 0.0769. The van der Waals surface area contributed by atoms with Crippen LogP contribution in [-0.4, -0.2) is 26.2 Å². The van der Waals surface area contributed by atoms with Crippen LogP contribution in [-0.2, 0) is 11.8 Å². The van der Waals surface area contributed by atoms with Crippen LogP contribution in [0.4, 0.5) is 5.82 Å². The minimum Gasteiger partial charge on any atom is -0.350 e. The highest BCUT2D eigenvalue weighted by Crippen LogP contribution is 2.36. The van der Waals surface area contributed by atoms with E-state index in [2.05, 4.69) is 15.3 Å². The van der Waals surface area contributed by atoms with Gasteiger partial charge in [-0.05, 0) is 67.1 Å². The summed E-state index contributed by atoms with van der Waals surface area (Å²) in [4.78, 5) is 34.4. The molecule has 162 valence electrons. The van der Waals surface area contributed by atoms with Crippen LogP contribution in [0.2, 0.25) is 5.02 Å². The maximum atomic E-state index is 12.9. The Morgan fingerprint density at radius 2 is 1.76 bits per heavy atom. The number of aryl methyl sites for hydroxylation is 2. The predicted octanol–water partition coefficient (Wildman–Crippen LogP) is 5.17. The van der Waals surface area contributed by atoms with Gasteiger partial charge in [0.1, 0.15) is 5.82 Å². The second-order valence-corrected chi connectivity index (χ2v) is 8.30. The van der Waals surface area contributed by atoms with Gasteiger partial charge in [0.05, 0.1) is 5.57 Å². The molecule has 0 spiro atoms. The Balaban J connectivity index is 1.54. The molecule has 5 rings (SSSR count). The first-order chi connectivity index (χ1) is 15.9. The van der Waals surface area contributed by atoms with Gasteiger partial charge < -0.3 is 9.88 Å². The van der Waals surface area contributed by atoms with Crippen LogP contribution in [0.3, 0.4) is 0 Å². The zero-order valence-corrected chi connectivity index (χ0v) is 18.7. The smallest absolute Gasteiger partial charge is 0.257 e. The van der Waals surface area contributed by atoms with Crippen molar-refractivity contribution in [3.05, 3.63) is 100 Å². The fourth-order valence-corrected chi connectivity index (χ4v) is 4.06. The zero-order valence-electron chi connectivity index (χ0n) is 18.0. The monoisotopic (exact) mass is 454 g/mol. The molecule has 0 unspecified atom stereocenters. The summed E-state index contributed by atoms with van der Waals surface area (Å²) in [7, 11) is 1.84. The Labute approximate surface area is 195 Å². The number of rotatable bonds is 4. The molecule has 6 nitrogen and oxygen atoms in total. The van der Waals surface area contributed by atoms with Gasteiger partial charge in [-0.15, -0.1) is 0 Å². The third kappa shape index (κ3) is 3.85. The topological polar surface area (TPSA) is 76.9 Å². The van der Waals surface area contributed by atoms with Crippen molar-refractivity contribution >= 4 is 40.8 Å². The lowest BCUT2D eigenvalue weighted by Crippen LogP contribution is -2.04. The second kappa shape index (κ2) is 8.15. The first kappa shape index (κ1) is 20.8. The number of halogens is 1. The molecule has 0 radical (unpaired) electrons. The van der Waals surface area contributed by atoms with E-state index in [1.165, 1.54) is 0 Å². The summed E-state index contributed by atoms with van der Waals surface area (Å²) in [6, 6.07) is 14.4.